The molecule has 1 atom stereocenters. The van der Waals surface area contributed by atoms with Gasteiger partial charge in [-0.2, -0.15) is 0 Å². The van der Waals surface area contributed by atoms with Crippen molar-refractivity contribution in [2.24, 2.45) is 0 Å². The van der Waals surface area contributed by atoms with Gasteiger partial charge in [0.1, 0.15) is 5.76 Å². The Kier molecular flexibility index (Phi) is 3.09. The molecule has 0 radical (unpaired) electrons. The quantitative estimate of drug-likeness (QED) is 0.883. The number of aromatic nitrogens is 1. The van der Waals surface area contributed by atoms with E-state index in [1.807, 2.05) is 17.5 Å². The molecule has 3 amide bonds. The molecule has 0 saturated carbocycles. The van der Waals surface area contributed by atoms with Crippen LogP contribution in [-0.4, -0.2) is 22.0 Å². The van der Waals surface area contributed by atoms with E-state index >= 15 is 0 Å². The van der Waals surface area contributed by atoms with Crippen LogP contribution in [0.2, 0.25) is 0 Å². The van der Waals surface area contributed by atoms with Gasteiger partial charge < -0.3 is 9.84 Å². The Hall–Kier alpha value is -2.15. The molecular weight excluding hydrogens is 290 g/mol. The molecule has 3 heterocycles. The summed E-state index contributed by atoms with van der Waals surface area (Å²) >= 11 is 1.45. The topological polar surface area (TPSA) is 75.4 Å². The number of carbonyl (C=O) groups is 2. The van der Waals surface area contributed by atoms with Crippen molar-refractivity contribution in [1.29, 1.82) is 0 Å². The van der Waals surface area contributed by atoms with Gasteiger partial charge in [-0.3, -0.25) is 9.69 Å². The van der Waals surface area contributed by atoms with Crippen molar-refractivity contribution >= 4 is 23.3 Å². The first-order valence-electron chi connectivity index (χ1n) is 6.53. The fraction of sp³-hybridized carbons (Fsp3) is 0.357. The van der Waals surface area contributed by atoms with Gasteiger partial charge in [0.15, 0.2) is 5.54 Å². The summed E-state index contributed by atoms with van der Waals surface area (Å²) < 4.78 is 5.08. The van der Waals surface area contributed by atoms with E-state index in [2.05, 4.69) is 10.5 Å². The van der Waals surface area contributed by atoms with Gasteiger partial charge in [-0.15, -0.1) is 11.3 Å². The van der Waals surface area contributed by atoms with E-state index in [-0.39, 0.29) is 12.5 Å². The van der Waals surface area contributed by atoms with Gasteiger partial charge >= 0.3 is 6.03 Å². The molecule has 0 spiro atoms. The Morgan fingerprint density at radius 2 is 2.19 bits per heavy atom. The first kappa shape index (κ1) is 13.8. The largest absolute Gasteiger partial charge is 0.361 e. The van der Waals surface area contributed by atoms with Crippen LogP contribution in [0.4, 0.5) is 4.79 Å². The average Bonchev–Trinajstić information content (AvgIpc) is 3.11. The van der Waals surface area contributed by atoms with Gasteiger partial charge in [-0.1, -0.05) is 11.2 Å². The Morgan fingerprint density at radius 1 is 1.43 bits per heavy atom. The molecule has 110 valence electrons. The second kappa shape index (κ2) is 4.70. The smallest absolute Gasteiger partial charge is 0.325 e. The molecule has 0 aliphatic carbocycles. The fourth-order valence-corrected chi connectivity index (χ4v) is 3.29. The lowest BCUT2D eigenvalue weighted by atomic mass is 10.0. The van der Waals surface area contributed by atoms with Crippen molar-refractivity contribution in [1.82, 2.24) is 15.4 Å². The lowest BCUT2D eigenvalue weighted by Gasteiger charge is -2.20. The van der Waals surface area contributed by atoms with Gasteiger partial charge in [0.05, 0.1) is 12.2 Å². The van der Waals surface area contributed by atoms with Crippen LogP contribution in [0, 0.1) is 13.8 Å². The van der Waals surface area contributed by atoms with Gasteiger partial charge in [-0.05, 0) is 32.2 Å². The fourth-order valence-electron chi connectivity index (χ4n) is 2.46. The first-order chi connectivity index (χ1) is 9.93. The second-order valence-electron chi connectivity index (χ2n) is 5.23. The van der Waals surface area contributed by atoms with Crippen LogP contribution in [0.15, 0.2) is 22.0 Å². The summed E-state index contributed by atoms with van der Waals surface area (Å²) in [4.78, 5) is 26.9. The molecule has 1 fully saturated rings. The van der Waals surface area contributed by atoms with E-state index < -0.39 is 11.6 Å². The summed E-state index contributed by atoms with van der Waals surface area (Å²) in [7, 11) is 0. The number of hydrogen-bond donors (Lipinski definition) is 1. The number of imide groups is 1. The minimum Gasteiger partial charge on any atom is -0.361 e. The lowest BCUT2D eigenvalue weighted by molar-refractivity contribution is -0.131. The molecule has 6 nitrogen and oxygen atoms in total. The van der Waals surface area contributed by atoms with E-state index in [0.717, 1.165) is 10.4 Å². The number of hydrogen-bond acceptors (Lipinski definition) is 5. The molecule has 2 aromatic heterocycles. The van der Waals surface area contributed by atoms with E-state index in [1.165, 1.54) is 16.2 Å². The summed E-state index contributed by atoms with van der Waals surface area (Å²) in [6, 6.07) is 3.32. The molecule has 2 aromatic rings. The number of rotatable bonds is 3. The number of nitrogens with one attached hydrogen (secondary N) is 1. The predicted molar refractivity (Wildman–Crippen MR) is 76.7 cm³/mol. The first-order valence-corrected chi connectivity index (χ1v) is 7.41. The maximum Gasteiger partial charge on any atom is 0.325 e. The van der Waals surface area contributed by atoms with Crippen LogP contribution in [0.3, 0.4) is 0 Å². The van der Waals surface area contributed by atoms with Gasteiger partial charge in [0.25, 0.3) is 5.91 Å². The molecule has 1 N–H and O–H groups in total. The van der Waals surface area contributed by atoms with E-state index in [1.54, 1.807) is 20.8 Å². The molecule has 0 bridgehead atoms. The van der Waals surface area contributed by atoms with Gasteiger partial charge in [0.2, 0.25) is 0 Å². The minimum atomic E-state index is -0.996. The van der Waals surface area contributed by atoms with Crippen molar-refractivity contribution in [3.05, 3.63) is 39.4 Å². The molecule has 3 rings (SSSR count). The molecule has 21 heavy (non-hydrogen) atoms. The molecule has 0 aromatic carbocycles. The van der Waals surface area contributed by atoms with Gasteiger partial charge in [-0.25, -0.2) is 4.79 Å². The summed E-state index contributed by atoms with van der Waals surface area (Å²) in [6.07, 6.45) is 0. The Bertz CT molecular complexity index is 688. The molecule has 1 aliphatic rings. The maximum absolute atomic E-state index is 12.7. The van der Waals surface area contributed by atoms with Crippen molar-refractivity contribution in [2.45, 2.75) is 32.9 Å². The molecular formula is C14H15N3O3S. The standard InChI is InChI=1S/C14H15N3O3S/c1-8-10(9(2)20-16-8)7-17-12(18)14(3,15-13(17)19)11-5-4-6-21-11/h4-6H,7H2,1-3H3,(H,15,19). The number of urea groups is 1. The number of aryl methyl sites for hydroxylation is 2. The zero-order valence-electron chi connectivity index (χ0n) is 12.0. The zero-order valence-corrected chi connectivity index (χ0v) is 12.8. The highest BCUT2D eigenvalue weighted by molar-refractivity contribution is 7.10. The van der Waals surface area contributed by atoms with Crippen LogP contribution in [-0.2, 0) is 16.9 Å². The van der Waals surface area contributed by atoms with Crippen molar-refractivity contribution in [3.63, 3.8) is 0 Å². The number of carbonyl (C=O) groups excluding carboxylic acids is 2. The highest BCUT2D eigenvalue weighted by Crippen LogP contribution is 2.33. The predicted octanol–water partition coefficient (Wildman–Crippen LogP) is 2.32. The maximum atomic E-state index is 12.7. The zero-order chi connectivity index (χ0) is 15.2. The van der Waals surface area contributed by atoms with Crippen LogP contribution in [0.1, 0.15) is 28.8 Å². The van der Waals surface area contributed by atoms with E-state index in [4.69, 9.17) is 4.52 Å². The number of amides is 3. The average molecular weight is 305 g/mol. The highest BCUT2D eigenvalue weighted by Gasteiger charge is 2.49. The number of nitrogens with zero attached hydrogens (tertiary/aromatic N) is 2. The van der Waals surface area contributed by atoms with Crippen LogP contribution >= 0.6 is 11.3 Å². The Morgan fingerprint density at radius 3 is 2.76 bits per heavy atom. The summed E-state index contributed by atoms with van der Waals surface area (Å²) in [6.45, 7) is 5.47. The SMILES string of the molecule is Cc1noc(C)c1CN1C(=O)NC(C)(c2cccs2)C1=O. The van der Waals surface area contributed by atoms with Crippen LogP contribution in [0.5, 0.6) is 0 Å². The minimum absolute atomic E-state index is 0.173. The van der Waals surface area contributed by atoms with E-state index in [0.29, 0.717) is 11.5 Å². The van der Waals surface area contributed by atoms with Crippen molar-refractivity contribution in [3.8, 4) is 0 Å². The number of thiophene rings is 1. The molecule has 1 aliphatic heterocycles. The van der Waals surface area contributed by atoms with Crippen LogP contribution < -0.4 is 5.32 Å². The second-order valence-corrected chi connectivity index (χ2v) is 6.17. The van der Waals surface area contributed by atoms with E-state index in [9.17, 15) is 9.59 Å². The van der Waals surface area contributed by atoms with Crippen molar-refractivity contribution in [2.75, 3.05) is 0 Å². The molecule has 1 unspecified atom stereocenters. The normalized spacial score (nSPS) is 22.0. The van der Waals surface area contributed by atoms with Crippen molar-refractivity contribution < 1.29 is 14.1 Å². The molecule has 1 saturated heterocycles. The van der Waals surface area contributed by atoms with Crippen LogP contribution in [0.25, 0.3) is 0 Å². The Labute approximate surface area is 125 Å². The summed E-state index contributed by atoms with van der Waals surface area (Å²) in [5.41, 5.74) is 0.469. The Balaban J connectivity index is 1.92. The third kappa shape index (κ3) is 2.04. The molecule has 7 heteroatoms. The summed E-state index contributed by atoms with van der Waals surface area (Å²) in [5, 5.41) is 8.52. The monoisotopic (exact) mass is 305 g/mol. The summed E-state index contributed by atoms with van der Waals surface area (Å²) in [5.74, 6) is 0.368. The third-order valence-electron chi connectivity index (χ3n) is 3.79. The third-order valence-corrected chi connectivity index (χ3v) is 4.88. The lowest BCUT2D eigenvalue weighted by Crippen LogP contribution is -2.40. The van der Waals surface area contributed by atoms with Gasteiger partial charge in [0, 0.05) is 10.4 Å². The highest BCUT2D eigenvalue weighted by atomic mass is 32.1.